The molecule has 0 aromatic heterocycles. The van der Waals surface area contributed by atoms with E-state index in [4.69, 9.17) is 5.73 Å². The minimum Gasteiger partial charge on any atom is -0.323 e. The van der Waals surface area contributed by atoms with E-state index >= 15 is 0 Å². The maximum absolute atomic E-state index is 6.25. The van der Waals surface area contributed by atoms with Crippen molar-refractivity contribution >= 4 is 0 Å². The third-order valence-electron chi connectivity index (χ3n) is 3.48. The summed E-state index contributed by atoms with van der Waals surface area (Å²) >= 11 is 0. The van der Waals surface area contributed by atoms with Gasteiger partial charge in [0, 0.05) is 25.2 Å². The van der Waals surface area contributed by atoms with Gasteiger partial charge in [-0.3, -0.25) is 4.90 Å². The van der Waals surface area contributed by atoms with E-state index in [2.05, 4.69) is 43.0 Å². The lowest BCUT2D eigenvalue weighted by Gasteiger charge is -2.48. The Labute approximate surface area is 98.4 Å². The topological polar surface area (TPSA) is 29.3 Å². The molecule has 2 nitrogen and oxygen atoms in total. The molecule has 1 heterocycles. The molecule has 0 radical (unpaired) electrons. The molecule has 2 N–H and O–H groups in total. The van der Waals surface area contributed by atoms with Gasteiger partial charge in [-0.05, 0) is 24.5 Å². The van der Waals surface area contributed by atoms with Gasteiger partial charge >= 0.3 is 0 Å². The highest BCUT2D eigenvalue weighted by Gasteiger charge is 2.38. The zero-order chi connectivity index (χ0) is 11.6. The number of hydrogen-bond acceptors (Lipinski definition) is 2. The molecule has 0 unspecified atom stereocenters. The number of likely N-dealkylation sites (tertiary alicyclic amines) is 1. The first-order valence-corrected chi connectivity index (χ1v) is 6.19. The van der Waals surface area contributed by atoms with Crippen LogP contribution < -0.4 is 5.73 Å². The van der Waals surface area contributed by atoms with Crippen molar-refractivity contribution in [2.75, 3.05) is 13.1 Å². The maximum atomic E-state index is 6.25. The first-order valence-electron chi connectivity index (χ1n) is 6.19. The molecular formula is C14H22N2. The van der Waals surface area contributed by atoms with Crippen LogP contribution in [0.4, 0.5) is 0 Å². The predicted molar refractivity (Wildman–Crippen MR) is 68.3 cm³/mol. The van der Waals surface area contributed by atoms with Gasteiger partial charge in [-0.15, -0.1) is 0 Å². The Morgan fingerprint density at radius 2 is 2.00 bits per heavy atom. The summed E-state index contributed by atoms with van der Waals surface area (Å²) in [5.74, 6) is 0. The monoisotopic (exact) mass is 218 g/mol. The molecule has 1 aromatic rings. The van der Waals surface area contributed by atoms with Gasteiger partial charge in [0.05, 0.1) is 0 Å². The first-order chi connectivity index (χ1) is 7.63. The Balaban J connectivity index is 1.88. The largest absolute Gasteiger partial charge is 0.323 e. The zero-order valence-corrected chi connectivity index (χ0v) is 10.4. The summed E-state index contributed by atoms with van der Waals surface area (Å²) < 4.78 is 0. The molecule has 1 fully saturated rings. The minimum atomic E-state index is 0.0947. The second-order valence-electron chi connectivity index (χ2n) is 5.18. The lowest BCUT2D eigenvalue weighted by molar-refractivity contribution is 0.0566. The predicted octanol–water partition coefficient (Wildman–Crippen LogP) is 2.31. The highest BCUT2D eigenvalue weighted by Crippen LogP contribution is 2.25. The number of aryl methyl sites for hydroxylation is 1. The Morgan fingerprint density at radius 3 is 2.62 bits per heavy atom. The fourth-order valence-corrected chi connectivity index (χ4v) is 2.64. The lowest BCUT2D eigenvalue weighted by Crippen LogP contribution is -2.66. The van der Waals surface area contributed by atoms with Crippen LogP contribution in [-0.2, 0) is 6.54 Å². The summed E-state index contributed by atoms with van der Waals surface area (Å²) in [6.45, 7) is 7.54. The van der Waals surface area contributed by atoms with E-state index in [0.29, 0.717) is 0 Å². The average molecular weight is 218 g/mol. The fraction of sp³-hybridized carbons (Fsp3) is 0.571. The van der Waals surface area contributed by atoms with Crippen LogP contribution in [0, 0.1) is 6.92 Å². The van der Waals surface area contributed by atoms with Crippen molar-refractivity contribution in [3.63, 3.8) is 0 Å². The van der Waals surface area contributed by atoms with Crippen molar-refractivity contribution in [3.05, 3.63) is 35.4 Å². The maximum Gasteiger partial charge on any atom is 0.0412 e. The SMILES string of the molecule is CCCC1(N)CN(Cc2ccccc2C)C1. The molecule has 2 rings (SSSR count). The molecule has 1 aliphatic heterocycles. The molecular weight excluding hydrogens is 196 g/mol. The molecule has 0 aliphatic carbocycles. The van der Waals surface area contributed by atoms with Gasteiger partial charge in [-0.2, -0.15) is 0 Å². The zero-order valence-electron chi connectivity index (χ0n) is 10.4. The van der Waals surface area contributed by atoms with E-state index in [1.807, 2.05) is 0 Å². The Morgan fingerprint density at radius 1 is 1.31 bits per heavy atom. The van der Waals surface area contributed by atoms with Crippen LogP contribution >= 0.6 is 0 Å². The van der Waals surface area contributed by atoms with E-state index in [1.54, 1.807) is 0 Å². The lowest BCUT2D eigenvalue weighted by atomic mass is 9.86. The normalized spacial score (nSPS) is 19.4. The number of rotatable bonds is 4. The van der Waals surface area contributed by atoms with Gasteiger partial charge < -0.3 is 5.73 Å². The summed E-state index contributed by atoms with van der Waals surface area (Å²) in [4.78, 5) is 2.44. The van der Waals surface area contributed by atoms with E-state index in [9.17, 15) is 0 Å². The number of hydrogen-bond donors (Lipinski definition) is 1. The Bertz CT molecular complexity index is 354. The summed E-state index contributed by atoms with van der Waals surface area (Å²) in [5.41, 5.74) is 9.16. The van der Waals surface area contributed by atoms with Crippen molar-refractivity contribution in [2.24, 2.45) is 5.73 Å². The van der Waals surface area contributed by atoms with Gasteiger partial charge in [0.2, 0.25) is 0 Å². The van der Waals surface area contributed by atoms with Gasteiger partial charge in [-0.1, -0.05) is 37.6 Å². The Hall–Kier alpha value is -0.860. The van der Waals surface area contributed by atoms with Crippen LogP contribution in [0.5, 0.6) is 0 Å². The second-order valence-corrected chi connectivity index (χ2v) is 5.18. The summed E-state index contributed by atoms with van der Waals surface area (Å²) in [5, 5.41) is 0. The number of nitrogens with two attached hydrogens (primary N) is 1. The molecule has 1 saturated heterocycles. The van der Waals surface area contributed by atoms with Crippen LogP contribution in [0.3, 0.4) is 0 Å². The summed E-state index contributed by atoms with van der Waals surface area (Å²) in [6, 6.07) is 8.60. The van der Waals surface area contributed by atoms with E-state index in [-0.39, 0.29) is 5.54 Å². The van der Waals surface area contributed by atoms with Crippen LogP contribution in [0.15, 0.2) is 24.3 Å². The highest BCUT2D eigenvalue weighted by molar-refractivity contribution is 5.26. The molecule has 0 bridgehead atoms. The van der Waals surface area contributed by atoms with E-state index in [0.717, 1.165) is 26.1 Å². The molecule has 2 heteroatoms. The third kappa shape index (κ3) is 2.45. The summed E-state index contributed by atoms with van der Waals surface area (Å²) in [7, 11) is 0. The van der Waals surface area contributed by atoms with Gasteiger partial charge in [-0.25, -0.2) is 0 Å². The van der Waals surface area contributed by atoms with Crippen LogP contribution in [0.25, 0.3) is 0 Å². The highest BCUT2D eigenvalue weighted by atomic mass is 15.2. The average Bonchev–Trinajstić information content (AvgIpc) is 2.19. The standard InChI is InChI=1S/C14H22N2/c1-3-8-14(15)10-16(11-14)9-13-7-5-4-6-12(13)2/h4-7H,3,8-11,15H2,1-2H3. The molecule has 88 valence electrons. The third-order valence-corrected chi connectivity index (χ3v) is 3.48. The molecule has 1 aliphatic rings. The smallest absolute Gasteiger partial charge is 0.0412 e. The quantitative estimate of drug-likeness (QED) is 0.840. The fourth-order valence-electron chi connectivity index (χ4n) is 2.64. The molecule has 1 aromatic carbocycles. The van der Waals surface area contributed by atoms with E-state index in [1.165, 1.54) is 17.5 Å². The molecule has 0 spiro atoms. The Kier molecular flexibility index (Phi) is 3.31. The van der Waals surface area contributed by atoms with Crippen LogP contribution in [-0.4, -0.2) is 23.5 Å². The molecule has 0 amide bonds. The van der Waals surface area contributed by atoms with Gasteiger partial charge in [0.15, 0.2) is 0 Å². The second kappa shape index (κ2) is 4.56. The van der Waals surface area contributed by atoms with Crippen molar-refractivity contribution in [1.29, 1.82) is 0 Å². The van der Waals surface area contributed by atoms with Crippen molar-refractivity contribution in [2.45, 2.75) is 38.8 Å². The van der Waals surface area contributed by atoms with Crippen molar-refractivity contribution < 1.29 is 0 Å². The van der Waals surface area contributed by atoms with Crippen LogP contribution in [0.2, 0.25) is 0 Å². The molecule has 16 heavy (non-hydrogen) atoms. The first kappa shape index (κ1) is 11.6. The van der Waals surface area contributed by atoms with E-state index < -0.39 is 0 Å². The van der Waals surface area contributed by atoms with Crippen molar-refractivity contribution in [1.82, 2.24) is 4.90 Å². The molecule has 0 atom stereocenters. The van der Waals surface area contributed by atoms with Crippen LogP contribution in [0.1, 0.15) is 30.9 Å². The van der Waals surface area contributed by atoms with Crippen molar-refractivity contribution in [3.8, 4) is 0 Å². The van der Waals surface area contributed by atoms with Gasteiger partial charge in [0.1, 0.15) is 0 Å². The molecule has 0 saturated carbocycles. The minimum absolute atomic E-state index is 0.0947. The number of nitrogens with zero attached hydrogens (tertiary/aromatic N) is 1. The summed E-state index contributed by atoms with van der Waals surface area (Å²) in [6.07, 6.45) is 2.34. The van der Waals surface area contributed by atoms with Gasteiger partial charge in [0.25, 0.3) is 0 Å². The number of benzene rings is 1.